The SMILES string of the molecule is Cc1ccc(/C=C2/CC3(C)CC4CC2C3(C=O)C4)cc1. The molecule has 104 valence electrons. The summed E-state index contributed by atoms with van der Waals surface area (Å²) in [6.45, 7) is 4.47. The van der Waals surface area contributed by atoms with Crippen LogP contribution in [0.4, 0.5) is 0 Å². The second kappa shape index (κ2) is 3.84. The van der Waals surface area contributed by atoms with Gasteiger partial charge in [-0.15, -0.1) is 0 Å². The van der Waals surface area contributed by atoms with E-state index >= 15 is 0 Å². The molecule has 0 heterocycles. The lowest BCUT2D eigenvalue weighted by molar-refractivity contribution is -0.121. The number of aldehydes is 1. The summed E-state index contributed by atoms with van der Waals surface area (Å²) >= 11 is 0. The molecule has 4 atom stereocenters. The zero-order chi connectivity index (χ0) is 14.0. The predicted octanol–water partition coefficient (Wildman–Crippen LogP) is 4.40. The lowest BCUT2D eigenvalue weighted by Gasteiger charge is -2.37. The monoisotopic (exact) mass is 266 g/mol. The number of benzene rings is 1. The minimum Gasteiger partial charge on any atom is -0.303 e. The highest BCUT2D eigenvalue weighted by atomic mass is 16.1. The Morgan fingerprint density at radius 2 is 1.95 bits per heavy atom. The number of carbonyl (C=O) groups is 1. The first-order valence-corrected chi connectivity index (χ1v) is 7.80. The van der Waals surface area contributed by atoms with Gasteiger partial charge in [-0.3, -0.25) is 0 Å². The van der Waals surface area contributed by atoms with Gasteiger partial charge < -0.3 is 4.79 Å². The predicted molar refractivity (Wildman–Crippen MR) is 81.2 cm³/mol. The summed E-state index contributed by atoms with van der Waals surface area (Å²) in [6, 6.07) is 8.74. The molecule has 2 bridgehead atoms. The van der Waals surface area contributed by atoms with Crippen LogP contribution in [-0.2, 0) is 4.79 Å². The van der Waals surface area contributed by atoms with Crippen molar-refractivity contribution in [3.05, 3.63) is 41.0 Å². The molecule has 4 rings (SSSR count). The maximum Gasteiger partial charge on any atom is 0.127 e. The Bertz CT molecular complexity index is 597. The Morgan fingerprint density at radius 3 is 2.60 bits per heavy atom. The van der Waals surface area contributed by atoms with Crippen molar-refractivity contribution in [1.82, 2.24) is 0 Å². The first-order chi connectivity index (χ1) is 9.56. The molecule has 3 fully saturated rings. The third-order valence-electron chi connectivity index (χ3n) is 6.36. The fourth-order valence-corrected chi connectivity index (χ4v) is 5.49. The van der Waals surface area contributed by atoms with E-state index in [2.05, 4.69) is 44.2 Å². The molecule has 20 heavy (non-hydrogen) atoms. The van der Waals surface area contributed by atoms with E-state index in [0.717, 1.165) is 18.8 Å². The summed E-state index contributed by atoms with van der Waals surface area (Å²) in [7, 11) is 0. The Labute approximate surface area is 121 Å². The molecular formula is C19H22O. The van der Waals surface area contributed by atoms with Gasteiger partial charge in [0.2, 0.25) is 0 Å². The molecular weight excluding hydrogens is 244 g/mol. The molecule has 0 N–H and O–H groups in total. The van der Waals surface area contributed by atoms with Crippen LogP contribution in [-0.4, -0.2) is 6.29 Å². The summed E-state index contributed by atoms with van der Waals surface area (Å²) in [4.78, 5) is 11.9. The number of fused-ring (bicyclic) bond motifs is 1. The van der Waals surface area contributed by atoms with Gasteiger partial charge in [-0.2, -0.15) is 0 Å². The number of aryl methyl sites for hydroxylation is 1. The van der Waals surface area contributed by atoms with Crippen molar-refractivity contribution in [2.75, 3.05) is 0 Å². The molecule has 1 aromatic rings. The van der Waals surface area contributed by atoms with E-state index in [4.69, 9.17) is 0 Å². The molecule has 0 amide bonds. The van der Waals surface area contributed by atoms with Crippen LogP contribution in [0.3, 0.4) is 0 Å². The molecule has 0 radical (unpaired) electrons. The van der Waals surface area contributed by atoms with Crippen LogP contribution in [0, 0.1) is 29.6 Å². The van der Waals surface area contributed by atoms with Crippen LogP contribution < -0.4 is 0 Å². The van der Waals surface area contributed by atoms with E-state index in [1.54, 1.807) is 0 Å². The van der Waals surface area contributed by atoms with Crippen LogP contribution in [0.5, 0.6) is 0 Å². The summed E-state index contributed by atoms with van der Waals surface area (Å²) < 4.78 is 0. The van der Waals surface area contributed by atoms with Gasteiger partial charge in [-0.25, -0.2) is 0 Å². The van der Waals surface area contributed by atoms with Gasteiger partial charge in [0.25, 0.3) is 0 Å². The van der Waals surface area contributed by atoms with Gasteiger partial charge in [0.15, 0.2) is 0 Å². The topological polar surface area (TPSA) is 17.1 Å². The van der Waals surface area contributed by atoms with Gasteiger partial charge in [0, 0.05) is 5.41 Å². The van der Waals surface area contributed by atoms with Crippen molar-refractivity contribution in [2.24, 2.45) is 22.7 Å². The van der Waals surface area contributed by atoms with Crippen molar-refractivity contribution in [1.29, 1.82) is 0 Å². The lowest BCUT2D eigenvalue weighted by Crippen LogP contribution is -2.36. The van der Waals surface area contributed by atoms with Crippen molar-refractivity contribution in [3.8, 4) is 0 Å². The molecule has 4 unspecified atom stereocenters. The summed E-state index contributed by atoms with van der Waals surface area (Å²) in [6.07, 6.45) is 8.45. The summed E-state index contributed by atoms with van der Waals surface area (Å²) in [5.74, 6) is 1.31. The van der Waals surface area contributed by atoms with E-state index in [9.17, 15) is 4.79 Å². The van der Waals surface area contributed by atoms with Crippen molar-refractivity contribution in [3.63, 3.8) is 0 Å². The summed E-state index contributed by atoms with van der Waals surface area (Å²) in [5, 5.41) is 0. The molecule has 1 heteroatoms. The Hall–Kier alpha value is -1.37. The number of allylic oxidation sites excluding steroid dienone is 1. The molecule has 1 aromatic carbocycles. The van der Waals surface area contributed by atoms with Gasteiger partial charge in [-0.05, 0) is 55.4 Å². The fourth-order valence-electron chi connectivity index (χ4n) is 5.49. The smallest absolute Gasteiger partial charge is 0.127 e. The zero-order valence-corrected chi connectivity index (χ0v) is 12.4. The third-order valence-corrected chi connectivity index (χ3v) is 6.36. The Kier molecular flexibility index (Phi) is 2.38. The van der Waals surface area contributed by atoms with Crippen LogP contribution in [0.25, 0.3) is 6.08 Å². The Morgan fingerprint density at radius 1 is 1.20 bits per heavy atom. The fraction of sp³-hybridized carbons (Fsp3) is 0.526. The van der Waals surface area contributed by atoms with E-state index in [1.165, 1.54) is 35.8 Å². The van der Waals surface area contributed by atoms with Crippen molar-refractivity contribution in [2.45, 2.75) is 39.5 Å². The van der Waals surface area contributed by atoms with E-state index < -0.39 is 0 Å². The largest absolute Gasteiger partial charge is 0.303 e. The average Bonchev–Trinajstić information content (AvgIpc) is 2.94. The van der Waals surface area contributed by atoms with Gasteiger partial charge in [-0.1, -0.05) is 48.4 Å². The first-order valence-electron chi connectivity index (χ1n) is 7.80. The highest BCUT2D eigenvalue weighted by molar-refractivity contribution is 5.70. The molecule has 3 saturated carbocycles. The maximum atomic E-state index is 11.9. The van der Waals surface area contributed by atoms with Crippen LogP contribution in [0.1, 0.15) is 43.7 Å². The standard InChI is InChI=1S/C19H22O/c1-13-3-5-14(6-4-13)7-16-11-18(2)9-15-8-17(16)19(18,10-15)12-20/h3-7,12,15,17H,8-11H2,1-2H3/b16-7-. The quantitative estimate of drug-likeness (QED) is 0.725. The third kappa shape index (κ3) is 1.41. The van der Waals surface area contributed by atoms with E-state index in [-0.39, 0.29) is 10.8 Å². The second-order valence-corrected chi connectivity index (χ2v) is 7.59. The average molecular weight is 266 g/mol. The van der Waals surface area contributed by atoms with Crippen LogP contribution in [0.2, 0.25) is 0 Å². The van der Waals surface area contributed by atoms with Crippen LogP contribution in [0.15, 0.2) is 29.8 Å². The second-order valence-electron chi connectivity index (χ2n) is 7.59. The molecule has 0 saturated heterocycles. The van der Waals surface area contributed by atoms with Gasteiger partial charge >= 0.3 is 0 Å². The van der Waals surface area contributed by atoms with Crippen LogP contribution >= 0.6 is 0 Å². The number of hydrogen-bond donors (Lipinski definition) is 0. The zero-order valence-electron chi connectivity index (χ0n) is 12.4. The molecule has 3 aliphatic rings. The molecule has 0 aliphatic heterocycles. The first kappa shape index (κ1) is 12.4. The number of hydrogen-bond acceptors (Lipinski definition) is 1. The number of rotatable bonds is 2. The lowest BCUT2D eigenvalue weighted by atomic mass is 9.65. The summed E-state index contributed by atoms with van der Waals surface area (Å²) in [5.41, 5.74) is 4.33. The highest BCUT2D eigenvalue weighted by Crippen LogP contribution is 2.74. The van der Waals surface area contributed by atoms with Gasteiger partial charge in [0.05, 0.1) is 0 Å². The normalized spacial score (nSPS) is 43.4. The maximum absolute atomic E-state index is 11.9. The van der Waals surface area contributed by atoms with Gasteiger partial charge in [0.1, 0.15) is 6.29 Å². The minimum atomic E-state index is -0.0335. The minimum absolute atomic E-state index is 0.0335. The Balaban J connectivity index is 1.75. The molecule has 1 nitrogen and oxygen atoms in total. The van der Waals surface area contributed by atoms with Crippen molar-refractivity contribution >= 4 is 12.4 Å². The molecule has 0 aromatic heterocycles. The highest BCUT2D eigenvalue weighted by Gasteiger charge is 2.68. The molecule has 0 spiro atoms. The van der Waals surface area contributed by atoms with E-state index in [0.29, 0.717) is 5.92 Å². The molecule has 3 aliphatic carbocycles. The van der Waals surface area contributed by atoms with Crippen molar-refractivity contribution < 1.29 is 4.79 Å². The number of carbonyl (C=O) groups excluding carboxylic acids is 1. The van der Waals surface area contributed by atoms with E-state index in [1.807, 2.05) is 0 Å².